The molecule has 0 saturated heterocycles. The number of hydrogen-bond acceptors (Lipinski definition) is 7. The van der Waals surface area contributed by atoms with Crippen LogP contribution in [-0.2, 0) is 24.2 Å². The summed E-state index contributed by atoms with van der Waals surface area (Å²) < 4.78 is 66.0. The molecule has 2 atom stereocenters. The van der Waals surface area contributed by atoms with Gasteiger partial charge in [-0.15, -0.1) is 0 Å². The van der Waals surface area contributed by atoms with Crippen molar-refractivity contribution in [3.63, 3.8) is 0 Å². The smallest absolute Gasteiger partial charge is 0.399 e. The Morgan fingerprint density at radius 1 is 1.14 bits per heavy atom. The van der Waals surface area contributed by atoms with E-state index in [1.165, 1.54) is 61.4 Å². The van der Waals surface area contributed by atoms with E-state index in [2.05, 4.69) is 5.32 Å². The largest absolute Gasteiger partial charge is 0.452 e. The highest BCUT2D eigenvalue weighted by molar-refractivity contribution is 7.96. The van der Waals surface area contributed by atoms with Gasteiger partial charge in [-0.2, -0.15) is 13.2 Å². The van der Waals surface area contributed by atoms with Crippen LogP contribution in [0.4, 0.5) is 18.9 Å². The number of hydrogen-bond donors (Lipinski definition) is 2. The summed E-state index contributed by atoms with van der Waals surface area (Å²) in [6, 6.07) is 3.33. The maximum absolute atomic E-state index is 13.8. The number of amides is 1. The number of nitrogen functional groups attached to an aromatic ring is 1. The van der Waals surface area contributed by atoms with Crippen LogP contribution in [0.25, 0.3) is 0 Å². The van der Waals surface area contributed by atoms with E-state index in [1.54, 1.807) is 18.2 Å². The van der Waals surface area contributed by atoms with Crippen molar-refractivity contribution >= 4 is 33.0 Å². The Kier molecular flexibility index (Phi) is 7.82. The Balaban J connectivity index is 2.00. The first-order valence-corrected chi connectivity index (χ1v) is 12.7. The zero-order chi connectivity index (χ0) is 27.6. The molecule has 0 fully saturated rings. The van der Waals surface area contributed by atoms with Gasteiger partial charge >= 0.3 is 6.18 Å². The zero-order valence-electron chi connectivity index (χ0n) is 20.0. The van der Waals surface area contributed by atoms with Crippen molar-refractivity contribution in [2.75, 3.05) is 12.3 Å². The maximum Gasteiger partial charge on any atom is 0.452 e. The number of sulfone groups is 1. The number of anilines is 1. The molecule has 0 saturated carbocycles. The molecule has 0 aromatic heterocycles. The Bertz CT molecular complexity index is 1310. The second-order valence-corrected chi connectivity index (χ2v) is 10.9. The molecule has 1 heterocycles. The van der Waals surface area contributed by atoms with Crippen molar-refractivity contribution < 1.29 is 36.0 Å². The van der Waals surface area contributed by atoms with Gasteiger partial charge in [-0.1, -0.05) is 38.2 Å². The van der Waals surface area contributed by atoms with Crippen molar-refractivity contribution in [1.29, 1.82) is 0 Å². The molecular formula is C25H26F3N3O5S. The second-order valence-electron chi connectivity index (χ2n) is 8.97. The van der Waals surface area contributed by atoms with Crippen LogP contribution in [0.3, 0.4) is 0 Å². The van der Waals surface area contributed by atoms with Gasteiger partial charge in [0.15, 0.2) is 0 Å². The van der Waals surface area contributed by atoms with E-state index < -0.39 is 62.3 Å². The lowest BCUT2D eigenvalue weighted by Crippen LogP contribution is -2.57. The van der Waals surface area contributed by atoms with Gasteiger partial charge in [0.1, 0.15) is 10.4 Å². The minimum absolute atomic E-state index is 0.115. The molecule has 3 rings (SSSR count). The third-order valence-electron chi connectivity index (χ3n) is 6.02. The third-order valence-corrected chi connectivity index (χ3v) is 7.81. The van der Waals surface area contributed by atoms with Gasteiger partial charge in [-0.25, -0.2) is 8.42 Å². The number of alkyl halides is 3. The molecule has 0 spiro atoms. The standard InChI is InChI=1S/C25H26F3N3O5S/c1-16(2)21(23(34)25(26,27)28)30-20(32)15-24(31-13-4-3-5-14-31)12-6-7-19(22(24)33)37(35,36)18-10-8-17(29)9-11-18/h3-13,16,21H,14-15,29H2,1-2H3,(H,30,32). The van der Waals surface area contributed by atoms with Crippen LogP contribution >= 0.6 is 0 Å². The van der Waals surface area contributed by atoms with Gasteiger partial charge < -0.3 is 16.0 Å². The Morgan fingerprint density at radius 2 is 1.78 bits per heavy atom. The lowest BCUT2D eigenvalue weighted by Gasteiger charge is -2.42. The number of carbonyl (C=O) groups excluding carboxylic acids is 3. The molecule has 0 bridgehead atoms. The van der Waals surface area contributed by atoms with Gasteiger partial charge in [0.2, 0.25) is 21.5 Å². The summed E-state index contributed by atoms with van der Waals surface area (Å²) in [5.74, 6) is -4.98. The number of rotatable bonds is 8. The van der Waals surface area contributed by atoms with Crippen molar-refractivity contribution in [3.05, 3.63) is 71.8 Å². The molecule has 2 unspecified atom stereocenters. The first-order valence-electron chi connectivity index (χ1n) is 11.3. The molecule has 1 aromatic rings. The van der Waals surface area contributed by atoms with E-state index in [1.807, 2.05) is 0 Å². The summed E-state index contributed by atoms with van der Waals surface area (Å²) in [6.07, 6.45) is 4.24. The fourth-order valence-corrected chi connectivity index (χ4v) is 5.48. The van der Waals surface area contributed by atoms with Crippen molar-refractivity contribution in [1.82, 2.24) is 10.2 Å². The maximum atomic E-state index is 13.8. The van der Waals surface area contributed by atoms with Gasteiger partial charge in [0, 0.05) is 18.4 Å². The molecule has 3 N–H and O–H groups in total. The van der Waals surface area contributed by atoms with Crippen LogP contribution in [0, 0.1) is 5.92 Å². The van der Waals surface area contributed by atoms with Crippen LogP contribution in [0.2, 0.25) is 0 Å². The first kappa shape index (κ1) is 27.9. The molecular weight excluding hydrogens is 511 g/mol. The number of benzene rings is 1. The molecule has 198 valence electrons. The van der Waals surface area contributed by atoms with Gasteiger partial charge in [0.25, 0.3) is 5.78 Å². The fourth-order valence-electron chi connectivity index (χ4n) is 4.06. The van der Waals surface area contributed by atoms with Crippen LogP contribution in [0.15, 0.2) is 76.7 Å². The summed E-state index contributed by atoms with van der Waals surface area (Å²) in [7, 11) is -4.34. The van der Waals surface area contributed by atoms with Crippen LogP contribution in [0.5, 0.6) is 0 Å². The lowest BCUT2D eigenvalue weighted by atomic mass is 9.83. The molecule has 8 nitrogen and oxygen atoms in total. The molecule has 1 amide bonds. The zero-order valence-corrected chi connectivity index (χ0v) is 20.8. The van der Waals surface area contributed by atoms with E-state index in [4.69, 9.17) is 5.73 Å². The molecule has 12 heteroatoms. The Morgan fingerprint density at radius 3 is 2.32 bits per heavy atom. The third kappa shape index (κ3) is 5.68. The van der Waals surface area contributed by atoms with Crippen LogP contribution in [0.1, 0.15) is 20.3 Å². The van der Waals surface area contributed by atoms with Crippen LogP contribution < -0.4 is 11.1 Å². The number of nitrogens with two attached hydrogens (primary N) is 1. The fraction of sp³-hybridized carbons (Fsp3) is 0.320. The van der Waals surface area contributed by atoms with Crippen LogP contribution in [-0.4, -0.2) is 55.1 Å². The highest BCUT2D eigenvalue weighted by Crippen LogP contribution is 2.35. The number of nitrogens with zero attached hydrogens (tertiary/aromatic N) is 1. The monoisotopic (exact) mass is 537 g/mol. The molecule has 0 radical (unpaired) electrons. The number of ketones is 2. The van der Waals surface area contributed by atoms with Crippen molar-refractivity contribution in [3.8, 4) is 0 Å². The van der Waals surface area contributed by atoms with Gasteiger partial charge in [0.05, 0.1) is 17.4 Å². The van der Waals surface area contributed by atoms with E-state index in [-0.39, 0.29) is 11.4 Å². The van der Waals surface area contributed by atoms with E-state index in [0.717, 1.165) is 6.08 Å². The summed E-state index contributed by atoms with van der Waals surface area (Å²) in [5, 5.41) is 2.10. The SMILES string of the molecule is CC(C)C(NC(=O)CC1(N2C=CC=CC2)C=CC=C(S(=O)(=O)c2ccc(N)cc2)C1=O)C(=O)C(F)(F)F. The average molecular weight is 538 g/mol. The first-order chi connectivity index (χ1) is 17.2. The summed E-state index contributed by atoms with van der Waals surface area (Å²) in [5.41, 5.74) is 4.07. The number of halogens is 3. The highest BCUT2D eigenvalue weighted by Gasteiger charge is 2.50. The molecule has 2 aliphatic rings. The predicted octanol–water partition coefficient (Wildman–Crippen LogP) is 2.85. The number of allylic oxidation sites excluding steroid dienone is 4. The normalized spacial score (nSPS) is 20.6. The molecule has 1 aliphatic carbocycles. The average Bonchev–Trinajstić information content (AvgIpc) is 2.83. The van der Waals surface area contributed by atoms with Gasteiger partial charge in [-0.3, -0.25) is 14.4 Å². The summed E-state index contributed by atoms with van der Waals surface area (Å²) in [4.78, 5) is 39.4. The van der Waals surface area contributed by atoms with E-state index in [9.17, 15) is 36.0 Å². The number of Topliss-reactive ketones (excluding diaryl/α,β-unsaturated/α-hetero) is 2. The Labute approximate surface area is 212 Å². The minimum atomic E-state index is -5.18. The summed E-state index contributed by atoms with van der Waals surface area (Å²) >= 11 is 0. The van der Waals surface area contributed by atoms with E-state index >= 15 is 0 Å². The molecule has 1 aliphatic heterocycles. The number of carbonyl (C=O) groups is 3. The Hall–Kier alpha value is -3.67. The lowest BCUT2D eigenvalue weighted by molar-refractivity contribution is -0.175. The summed E-state index contributed by atoms with van der Waals surface area (Å²) in [6.45, 7) is 2.80. The van der Waals surface area contributed by atoms with Gasteiger partial charge in [-0.05, 0) is 42.3 Å². The van der Waals surface area contributed by atoms with Crippen molar-refractivity contribution in [2.45, 2.75) is 42.9 Å². The van der Waals surface area contributed by atoms with Crippen molar-refractivity contribution in [2.24, 2.45) is 5.92 Å². The highest BCUT2D eigenvalue weighted by atomic mass is 32.2. The quantitative estimate of drug-likeness (QED) is 0.489. The minimum Gasteiger partial charge on any atom is -0.399 e. The number of nitrogens with one attached hydrogen (secondary N) is 1. The second kappa shape index (κ2) is 10.4. The topological polar surface area (TPSA) is 127 Å². The molecule has 1 aromatic carbocycles. The predicted molar refractivity (Wildman–Crippen MR) is 130 cm³/mol. The van der Waals surface area contributed by atoms with E-state index in [0.29, 0.717) is 5.69 Å². The molecule has 37 heavy (non-hydrogen) atoms.